The molecule has 2 aliphatic heterocycles. The van der Waals surface area contributed by atoms with E-state index < -0.39 is 35.6 Å². The van der Waals surface area contributed by atoms with E-state index in [9.17, 15) is 24.3 Å². The Morgan fingerprint density at radius 3 is 2.33 bits per heavy atom. The van der Waals surface area contributed by atoms with Crippen molar-refractivity contribution in [1.82, 2.24) is 40.6 Å². The summed E-state index contributed by atoms with van der Waals surface area (Å²) in [6, 6.07) is 21.0. The van der Waals surface area contributed by atoms with Crippen LogP contribution < -0.4 is 16.0 Å². The molecule has 6 aromatic rings. The molecule has 3 aromatic carbocycles. The molecule has 8 rings (SSSR count). The lowest BCUT2D eigenvalue weighted by molar-refractivity contribution is -0.144. The number of halogens is 1. The number of aliphatic hydroxyl groups is 1. The molecule has 1 fully saturated rings. The van der Waals surface area contributed by atoms with E-state index in [1.165, 1.54) is 9.78 Å². The minimum atomic E-state index is -0.939. The molecule has 366 valence electrons. The number of nitrogens with zero attached hydrogens (tertiary/aromatic N) is 6. The van der Waals surface area contributed by atoms with Crippen molar-refractivity contribution in [2.45, 2.75) is 118 Å². The van der Waals surface area contributed by atoms with E-state index in [1.807, 2.05) is 117 Å². The van der Waals surface area contributed by atoms with E-state index in [0.717, 1.165) is 85.3 Å². The average molecular weight is 1000 g/mol. The number of benzene rings is 3. The van der Waals surface area contributed by atoms with E-state index in [-0.39, 0.29) is 50.1 Å². The first-order chi connectivity index (χ1) is 33.4. The predicted molar refractivity (Wildman–Crippen MR) is 276 cm³/mol. The predicted octanol–water partition coefficient (Wildman–Crippen LogP) is 8.11. The highest BCUT2D eigenvalue weighted by atomic mass is 35.5. The average Bonchev–Trinajstić information content (AvgIpc) is 4.09. The summed E-state index contributed by atoms with van der Waals surface area (Å²) < 4.78 is 2.04. The maximum absolute atomic E-state index is 14.2. The second-order valence-corrected chi connectivity index (χ2v) is 21.9. The van der Waals surface area contributed by atoms with Crippen LogP contribution in [0, 0.1) is 33.1 Å². The van der Waals surface area contributed by atoms with Crippen LogP contribution in [0.3, 0.4) is 0 Å². The third-order valence-corrected chi connectivity index (χ3v) is 15.4. The third kappa shape index (κ3) is 11.4. The van der Waals surface area contributed by atoms with Gasteiger partial charge in [-0.1, -0.05) is 93.0 Å². The number of thiophene rings is 1. The number of carbonyl (C=O) groups is 4. The van der Waals surface area contributed by atoms with Crippen LogP contribution >= 0.6 is 34.3 Å². The second kappa shape index (κ2) is 21.5. The van der Waals surface area contributed by atoms with Crippen molar-refractivity contribution in [3.63, 3.8) is 0 Å². The fourth-order valence-electron chi connectivity index (χ4n) is 9.14. The largest absolute Gasteiger partial charge is 0.391 e. The summed E-state index contributed by atoms with van der Waals surface area (Å²) in [5.74, 6) is 0.145. The summed E-state index contributed by atoms with van der Waals surface area (Å²) in [4.78, 5) is 68.2. The minimum Gasteiger partial charge on any atom is -0.391 e. The van der Waals surface area contributed by atoms with Gasteiger partial charge in [-0.25, -0.2) is 4.98 Å². The lowest BCUT2D eigenvalue weighted by Crippen LogP contribution is -2.58. The molecule has 0 saturated carbocycles. The molecule has 0 radical (unpaired) electrons. The van der Waals surface area contributed by atoms with Gasteiger partial charge in [0.2, 0.25) is 23.6 Å². The number of thiazole rings is 1. The number of fused-ring (bicyclic) bond motifs is 3. The number of amides is 4. The van der Waals surface area contributed by atoms with Crippen molar-refractivity contribution < 1.29 is 24.3 Å². The Kier molecular flexibility index (Phi) is 15.5. The number of rotatable bonds is 16. The Bertz CT molecular complexity index is 2920. The summed E-state index contributed by atoms with van der Waals surface area (Å²) in [6.45, 7) is 14.4. The number of aromatic nitrogens is 4. The third-order valence-electron chi connectivity index (χ3n) is 13.0. The number of unbranched alkanes of at least 4 members (excludes halogenated alkanes) is 1. The van der Waals surface area contributed by atoms with Gasteiger partial charge >= 0.3 is 0 Å². The zero-order chi connectivity index (χ0) is 49.9. The minimum absolute atomic E-state index is 0.00523. The van der Waals surface area contributed by atoms with Crippen molar-refractivity contribution in [3.8, 4) is 15.4 Å². The molecule has 2 aliphatic rings. The van der Waals surface area contributed by atoms with Gasteiger partial charge in [-0.2, -0.15) is 0 Å². The van der Waals surface area contributed by atoms with E-state index in [0.29, 0.717) is 17.4 Å². The van der Waals surface area contributed by atoms with Crippen LogP contribution in [0.4, 0.5) is 0 Å². The molecule has 0 unspecified atom stereocenters. The SMILES string of the molecule is Cc1ncsc1-c1ccc(CNC(=O)[C@@H]2C[C@@H](O)CN2C(=O)[C@@H](NC(=O)Cc2cccc(CCCCNC(=O)C[C@@H]3N=C(c4ccc(Cl)cc4)c4c(sc(C)c4C)-n4c(C)nnc43)c2)C(C)(C)C)cc1. The lowest BCUT2D eigenvalue weighted by Gasteiger charge is -2.35. The molecule has 4 N–H and O–H groups in total. The summed E-state index contributed by atoms with van der Waals surface area (Å²) in [7, 11) is 0. The van der Waals surface area contributed by atoms with Crippen LogP contribution in [0.15, 0.2) is 83.3 Å². The van der Waals surface area contributed by atoms with Gasteiger partial charge in [0.25, 0.3) is 0 Å². The van der Waals surface area contributed by atoms with Gasteiger partial charge in [-0.05, 0) is 92.3 Å². The number of aliphatic hydroxyl groups excluding tert-OH is 1. The fraction of sp³-hybridized carbons (Fsp3) is 0.396. The van der Waals surface area contributed by atoms with Gasteiger partial charge in [0.15, 0.2) is 5.82 Å². The van der Waals surface area contributed by atoms with E-state index in [1.54, 1.807) is 22.7 Å². The molecule has 0 spiro atoms. The van der Waals surface area contributed by atoms with Crippen LogP contribution in [-0.4, -0.2) is 90.4 Å². The van der Waals surface area contributed by atoms with Crippen LogP contribution in [0.1, 0.15) is 108 Å². The molecule has 14 nitrogen and oxygen atoms in total. The molecule has 3 aromatic heterocycles. The van der Waals surface area contributed by atoms with Gasteiger partial charge in [-0.3, -0.25) is 28.7 Å². The second-order valence-electron chi connectivity index (χ2n) is 19.4. The molecular formula is C53H60ClN9O5S2. The number of β-amino-alcohol motifs (C(OH)–C–C–N with tert-alkyl or cyclic N) is 1. The topological polar surface area (TPSA) is 184 Å². The Labute approximate surface area is 422 Å². The molecule has 4 amide bonds. The quantitative estimate of drug-likeness (QED) is 0.0701. The van der Waals surface area contributed by atoms with Gasteiger partial charge < -0.3 is 26.0 Å². The molecule has 70 heavy (non-hydrogen) atoms. The van der Waals surface area contributed by atoms with E-state index in [2.05, 4.69) is 45.0 Å². The van der Waals surface area contributed by atoms with Crippen LogP contribution in [0.5, 0.6) is 0 Å². The van der Waals surface area contributed by atoms with Gasteiger partial charge in [-0.15, -0.1) is 32.9 Å². The summed E-state index contributed by atoms with van der Waals surface area (Å²) in [5, 5.41) is 30.3. The smallest absolute Gasteiger partial charge is 0.246 e. The monoisotopic (exact) mass is 1000 g/mol. The molecule has 17 heteroatoms. The standard InChI is InChI=1S/C53H60ClN9O5S2/c1-30-32(3)70-52-45(30)46(37-18-20-39(54)21-19-37)58-41(49-61-60-33(4)63(49)52)26-43(65)55-22-9-8-11-34-12-10-13-36(23-34)24-44(66)59-48(53(5,6)7)51(68)62-28-40(64)25-42(62)50(67)56-27-35-14-16-38(17-15-35)47-31(2)57-29-69-47/h10,12-21,23,29,40-42,48,64H,8-9,11,22,24-28H2,1-7H3,(H,55,65)(H,56,67)(H,59,66)/t40-,41+,42+,48-/m1/s1. The van der Waals surface area contributed by atoms with Crippen LogP contribution in [0.25, 0.3) is 15.4 Å². The first kappa shape index (κ1) is 50.3. The molecule has 0 aliphatic carbocycles. The number of aliphatic imine (C=N–C) groups is 1. The zero-order valence-corrected chi connectivity index (χ0v) is 43.0. The normalized spacial score (nSPS) is 17.0. The summed E-state index contributed by atoms with van der Waals surface area (Å²) in [6.07, 6.45) is 1.69. The highest BCUT2D eigenvalue weighted by molar-refractivity contribution is 7.15. The van der Waals surface area contributed by atoms with Crippen molar-refractivity contribution >= 4 is 63.6 Å². The highest BCUT2D eigenvalue weighted by Crippen LogP contribution is 2.40. The number of likely N-dealkylation sites (tertiary alicyclic amines) is 1. The summed E-state index contributed by atoms with van der Waals surface area (Å²) >= 11 is 9.51. The van der Waals surface area contributed by atoms with Crippen LogP contribution in [-0.2, 0) is 38.6 Å². The Morgan fingerprint density at radius 2 is 1.61 bits per heavy atom. The zero-order valence-electron chi connectivity index (χ0n) is 40.6. The van der Waals surface area contributed by atoms with Crippen molar-refractivity contribution in [1.29, 1.82) is 0 Å². The number of hydrogen-bond acceptors (Lipinski definition) is 11. The van der Waals surface area contributed by atoms with Gasteiger partial charge in [0.1, 0.15) is 29.0 Å². The first-order valence-corrected chi connectivity index (χ1v) is 25.8. The molecule has 1 saturated heterocycles. The number of aryl methyl sites for hydroxylation is 4. The van der Waals surface area contributed by atoms with Crippen LogP contribution in [0.2, 0.25) is 5.02 Å². The van der Waals surface area contributed by atoms with Crippen molar-refractivity contribution in [2.24, 2.45) is 10.4 Å². The number of nitrogens with one attached hydrogen (secondary N) is 3. The van der Waals surface area contributed by atoms with Gasteiger partial charge in [0.05, 0.1) is 40.7 Å². The van der Waals surface area contributed by atoms with E-state index in [4.69, 9.17) is 16.6 Å². The number of hydrogen-bond donors (Lipinski definition) is 4. The first-order valence-electron chi connectivity index (χ1n) is 23.7. The fourth-order valence-corrected chi connectivity index (χ4v) is 11.3. The maximum atomic E-state index is 14.2. The molecule has 0 bridgehead atoms. The molecule has 5 heterocycles. The maximum Gasteiger partial charge on any atom is 0.246 e. The van der Waals surface area contributed by atoms with Crippen molar-refractivity contribution in [3.05, 3.63) is 139 Å². The highest BCUT2D eigenvalue weighted by Gasteiger charge is 2.44. The molecular weight excluding hydrogens is 942 g/mol. The lowest BCUT2D eigenvalue weighted by atomic mass is 9.85. The number of carbonyl (C=O) groups excluding carboxylic acids is 4. The Balaban J connectivity index is 0.829. The molecule has 4 atom stereocenters. The van der Waals surface area contributed by atoms with E-state index >= 15 is 0 Å². The van der Waals surface area contributed by atoms with Crippen molar-refractivity contribution in [2.75, 3.05) is 13.1 Å². The summed E-state index contributed by atoms with van der Waals surface area (Å²) in [5.41, 5.74) is 9.76. The van der Waals surface area contributed by atoms with Gasteiger partial charge in [0, 0.05) is 47.1 Å². The Morgan fingerprint density at radius 1 is 0.886 bits per heavy atom. The Hall–Kier alpha value is -6.07.